The number of nitrogens with zero attached hydrogens (tertiary/aromatic N) is 2. The van der Waals surface area contributed by atoms with E-state index in [1.807, 2.05) is 0 Å². The molecule has 2 atom stereocenters. The monoisotopic (exact) mass is 321 g/mol. The van der Waals surface area contributed by atoms with Gasteiger partial charge in [0.15, 0.2) is 5.82 Å². The maximum atomic E-state index is 13.7. The van der Waals surface area contributed by atoms with E-state index >= 15 is 0 Å². The van der Waals surface area contributed by atoms with Gasteiger partial charge >= 0.3 is 5.97 Å². The Morgan fingerprint density at radius 3 is 2.65 bits per heavy atom. The Morgan fingerprint density at radius 2 is 2.00 bits per heavy atom. The average molecular weight is 321 g/mol. The summed E-state index contributed by atoms with van der Waals surface area (Å²) in [5.41, 5.74) is -0.0657. The van der Waals surface area contributed by atoms with E-state index in [1.165, 1.54) is 35.1 Å². The maximum Gasteiger partial charge on any atom is 0.325 e. The van der Waals surface area contributed by atoms with Crippen LogP contribution < -0.4 is 5.32 Å². The molecule has 120 valence electrons. The molecular formula is C15H13F2N3O3. The van der Waals surface area contributed by atoms with Crippen molar-refractivity contribution < 1.29 is 23.5 Å². The molecule has 8 heteroatoms. The number of anilines is 1. The number of aromatic nitrogens is 2. The highest BCUT2D eigenvalue weighted by Crippen LogP contribution is 2.49. The minimum Gasteiger partial charge on any atom is -0.480 e. The van der Waals surface area contributed by atoms with Crippen LogP contribution in [0.15, 0.2) is 30.5 Å². The number of hydrogen-bond acceptors (Lipinski definition) is 3. The molecule has 2 aromatic rings. The summed E-state index contributed by atoms with van der Waals surface area (Å²) in [5.74, 6) is -3.56. The van der Waals surface area contributed by atoms with E-state index in [0.717, 1.165) is 0 Å². The molecule has 1 amide bonds. The van der Waals surface area contributed by atoms with Crippen LogP contribution in [0.1, 0.15) is 17.9 Å². The third kappa shape index (κ3) is 3.20. The van der Waals surface area contributed by atoms with Gasteiger partial charge in [-0.05, 0) is 18.6 Å². The number of aliphatic carboxylic acids is 1. The van der Waals surface area contributed by atoms with Gasteiger partial charge in [-0.2, -0.15) is 5.10 Å². The molecule has 23 heavy (non-hydrogen) atoms. The van der Waals surface area contributed by atoms with Gasteiger partial charge in [0, 0.05) is 29.7 Å². The number of amides is 1. The average Bonchev–Trinajstić information content (AvgIpc) is 3.13. The van der Waals surface area contributed by atoms with Gasteiger partial charge in [0.25, 0.3) is 0 Å². The molecule has 2 N–H and O–H groups in total. The predicted octanol–water partition coefficient (Wildman–Crippen LogP) is 1.99. The number of halogens is 2. The van der Waals surface area contributed by atoms with Gasteiger partial charge in [-0.3, -0.25) is 14.3 Å². The Hall–Kier alpha value is -2.77. The van der Waals surface area contributed by atoms with Crippen molar-refractivity contribution in [1.82, 2.24) is 9.78 Å². The number of carboxylic acids is 1. The summed E-state index contributed by atoms with van der Waals surface area (Å²) in [4.78, 5) is 22.7. The van der Waals surface area contributed by atoms with E-state index in [1.54, 1.807) is 0 Å². The number of nitrogens with one attached hydrogen (secondary N) is 1. The largest absolute Gasteiger partial charge is 0.480 e. The minimum absolute atomic E-state index is 0.0657. The molecule has 1 aromatic carbocycles. The Morgan fingerprint density at radius 1 is 1.30 bits per heavy atom. The molecule has 0 radical (unpaired) electrons. The zero-order valence-electron chi connectivity index (χ0n) is 11.9. The standard InChI is InChI=1S/C15H13F2N3O3/c16-10-2-1-3-11(17)14(10)8-6-9(8)15(23)18-12-4-5-20(19-12)7-13(21)22/h1-5,8-9H,6-7H2,(H,21,22)(H,18,19,23)/t8-,9-/m0/s1. The smallest absolute Gasteiger partial charge is 0.325 e. The molecule has 1 aliphatic rings. The first-order chi connectivity index (χ1) is 11.0. The van der Waals surface area contributed by atoms with E-state index in [9.17, 15) is 18.4 Å². The van der Waals surface area contributed by atoms with E-state index in [4.69, 9.17) is 5.11 Å². The van der Waals surface area contributed by atoms with E-state index < -0.39 is 35.3 Å². The fourth-order valence-corrected chi connectivity index (χ4v) is 2.54. The molecule has 0 aliphatic heterocycles. The van der Waals surface area contributed by atoms with Gasteiger partial charge in [-0.15, -0.1) is 0 Å². The van der Waals surface area contributed by atoms with Crippen LogP contribution >= 0.6 is 0 Å². The maximum absolute atomic E-state index is 13.7. The summed E-state index contributed by atoms with van der Waals surface area (Å²) in [6.07, 6.45) is 1.78. The van der Waals surface area contributed by atoms with Crippen LogP contribution in [-0.4, -0.2) is 26.8 Å². The quantitative estimate of drug-likeness (QED) is 0.882. The highest BCUT2D eigenvalue weighted by molar-refractivity contribution is 5.94. The van der Waals surface area contributed by atoms with E-state index in [2.05, 4.69) is 10.4 Å². The molecule has 0 spiro atoms. The van der Waals surface area contributed by atoms with Crippen LogP contribution in [0.5, 0.6) is 0 Å². The molecule has 0 unspecified atom stereocenters. The first-order valence-corrected chi connectivity index (χ1v) is 6.95. The molecule has 1 fully saturated rings. The summed E-state index contributed by atoms with van der Waals surface area (Å²) in [6.45, 7) is -0.317. The number of hydrogen-bond donors (Lipinski definition) is 2. The molecule has 1 aromatic heterocycles. The summed E-state index contributed by atoms with van der Waals surface area (Å²) in [6, 6.07) is 5.07. The summed E-state index contributed by atoms with van der Waals surface area (Å²) in [7, 11) is 0. The Balaban J connectivity index is 1.64. The van der Waals surface area contributed by atoms with Crippen molar-refractivity contribution in [1.29, 1.82) is 0 Å². The zero-order valence-corrected chi connectivity index (χ0v) is 11.9. The Kier molecular flexibility index (Phi) is 3.81. The zero-order chi connectivity index (χ0) is 16.6. The van der Waals surface area contributed by atoms with Crippen LogP contribution in [0.25, 0.3) is 0 Å². The fourth-order valence-electron chi connectivity index (χ4n) is 2.54. The summed E-state index contributed by atoms with van der Waals surface area (Å²) >= 11 is 0. The number of carbonyl (C=O) groups is 2. The second-order valence-electron chi connectivity index (χ2n) is 5.37. The molecule has 1 aliphatic carbocycles. The van der Waals surface area contributed by atoms with Crippen molar-refractivity contribution >= 4 is 17.7 Å². The van der Waals surface area contributed by atoms with Crippen LogP contribution in [0.2, 0.25) is 0 Å². The van der Waals surface area contributed by atoms with Gasteiger partial charge in [0.2, 0.25) is 5.91 Å². The molecule has 1 heterocycles. The van der Waals surface area contributed by atoms with Crippen molar-refractivity contribution in [3.05, 3.63) is 47.7 Å². The lowest BCUT2D eigenvalue weighted by Gasteiger charge is -2.04. The summed E-state index contributed by atoms with van der Waals surface area (Å²) < 4.78 is 28.5. The van der Waals surface area contributed by atoms with Crippen molar-refractivity contribution in [3.63, 3.8) is 0 Å². The third-order valence-corrected chi connectivity index (χ3v) is 3.69. The molecule has 6 nitrogen and oxygen atoms in total. The summed E-state index contributed by atoms with van der Waals surface area (Å²) in [5, 5.41) is 15.1. The number of benzene rings is 1. The molecule has 0 bridgehead atoms. The van der Waals surface area contributed by atoms with E-state index in [-0.39, 0.29) is 17.9 Å². The molecule has 1 saturated carbocycles. The lowest BCUT2D eigenvalue weighted by atomic mass is 10.1. The Labute approximate surface area is 129 Å². The van der Waals surface area contributed by atoms with Crippen LogP contribution in [-0.2, 0) is 16.1 Å². The van der Waals surface area contributed by atoms with Gasteiger partial charge in [-0.25, -0.2) is 8.78 Å². The number of rotatable bonds is 5. The normalized spacial score (nSPS) is 19.4. The van der Waals surface area contributed by atoms with Gasteiger partial charge < -0.3 is 10.4 Å². The third-order valence-electron chi connectivity index (χ3n) is 3.69. The van der Waals surface area contributed by atoms with Gasteiger partial charge in [-0.1, -0.05) is 6.07 Å². The minimum atomic E-state index is -1.05. The van der Waals surface area contributed by atoms with Crippen molar-refractivity contribution in [2.24, 2.45) is 5.92 Å². The second kappa shape index (κ2) is 5.79. The lowest BCUT2D eigenvalue weighted by molar-refractivity contribution is -0.137. The Bertz CT molecular complexity index is 755. The molecule has 3 rings (SSSR count). The SMILES string of the molecule is O=C(O)Cn1ccc(NC(=O)[C@H]2C[C@@H]2c2c(F)cccc2F)n1. The van der Waals surface area contributed by atoms with Crippen molar-refractivity contribution in [2.45, 2.75) is 18.9 Å². The highest BCUT2D eigenvalue weighted by Gasteiger charge is 2.46. The number of carbonyl (C=O) groups excluding carboxylic acids is 1. The molecular weight excluding hydrogens is 308 g/mol. The van der Waals surface area contributed by atoms with Gasteiger partial charge in [0.1, 0.15) is 18.2 Å². The van der Waals surface area contributed by atoms with Crippen LogP contribution in [0, 0.1) is 17.6 Å². The fraction of sp³-hybridized carbons (Fsp3) is 0.267. The predicted molar refractivity (Wildman–Crippen MR) is 75.7 cm³/mol. The van der Waals surface area contributed by atoms with E-state index in [0.29, 0.717) is 6.42 Å². The van der Waals surface area contributed by atoms with Crippen molar-refractivity contribution in [3.8, 4) is 0 Å². The van der Waals surface area contributed by atoms with Crippen molar-refractivity contribution in [2.75, 3.05) is 5.32 Å². The van der Waals surface area contributed by atoms with Gasteiger partial charge in [0.05, 0.1) is 0 Å². The first kappa shape index (κ1) is 15.1. The highest BCUT2D eigenvalue weighted by atomic mass is 19.1. The molecule has 0 saturated heterocycles. The van der Waals surface area contributed by atoms with Crippen LogP contribution in [0.4, 0.5) is 14.6 Å². The van der Waals surface area contributed by atoms with Crippen LogP contribution in [0.3, 0.4) is 0 Å². The lowest BCUT2D eigenvalue weighted by Crippen LogP contribution is -2.16. The number of carboxylic acid groups (broad SMARTS) is 1. The second-order valence-corrected chi connectivity index (χ2v) is 5.37. The topological polar surface area (TPSA) is 84.2 Å². The first-order valence-electron chi connectivity index (χ1n) is 6.95.